The maximum absolute atomic E-state index is 16.0. The summed E-state index contributed by atoms with van der Waals surface area (Å²) in [5, 5.41) is 4.53. The van der Waals surface area contributed by atoms with Gasteiger partial charge in [0.2, 0.25) is 0 Å². The molecule has 0 N–H and O–H groups in total. The second-order valence-electron chi connectivity index (χ2n) is 9.86. The number of nitrogens with zero attached hydrogens (tertiary/aromatic N) is 4. The maximum Gasteiger partial charge on any atom is 0.274 e. The third-order valence-electron chi connectivity index (χ3n) is 6.97. The maximum atomic E-state index is 16.0. The molecule has 0 aliphatic heterocycles. The number of aromatic nitrogens is 4. The van der Waals surface area contributed by atoms with Gasteiger partial charge in [0.15, 0.2) is 21.5 Å². The van der Waals surface area contributed by atoms with Crippen molar-refractivity contribution < 1.29 is 17.2 Å². The molecule has 1 fully saturated rings. The zero-order valence-corrected chi connectivity index (χ0v) is 23.0. The van der Waals surface area contributed by atoms with Crippen LogP contribution < -0.4 is 5.56 Å². The van der Waals surface area contributed by atoms with E-state index in [1.54, 1.807) is 24.6 Å². The van der Waals surface area contributed by atoms with E-state index >= 15 is 8.78 Å². The summed E-state index contributed by atoms with van der Waals surface area (Å²) in [7, 11) is -2.05. The predicted octanol–water partition coefficient (Wildman–Crippen LogP) is 5.16. The van der Waals surface area contributed by atoms with Gasteiger partial charge in [-0.2, -0.15) is 5.10 Å². The van der Waals surface area contributed by atoms with E-state index in [2.05, 4.69) is 10.1 Å². The molecular weight excluding hydrogens is 534 g/mol. The van der Waals surface area contributed by atoms with Crippen LogP contribution in [-0.2, 0) is 16.9 Å². The van der Waals surface area contributed by atoms with Gasteiger partial charge in [-0.3, -0.25) is 19.0 Å². The van der Waals surface area contributed by atoms with Gasteiger partial charge in [-0.25, -0.2) is 17.2 Å². The van der Waals surface area contributed by atoms with Crippen molar-refractivity contribution in [3.05, 3.63) is 91.7 Å². The van der Waals surface area contributed by atoms with Gasteiger partial charge in [-0.05, 0) is 68.0 Å². The SMILES string of the molecule is Cc1cn(C)nc1[C@H]1C[C@@H]1c1cc(C)n(-c2c(C)cnc(-c3cccc(S(C)(=O)=O)c3F)c2F)c(=O)c1Cl. The van der Waals surface area contributed by atoms with Crippen molar-refractivity contribution in [3.63, 3.8) is 0 Å². The third-order valence-corrected chi connectivity index (χ3v) is 8.46. The van der Waals surface area contributed by atoms with Crippen molar-refractivity contribution >= 4 is 21.4 Å². The van der Waals surface area contributed by atoms with Crippen LogP contribution in [0.1, 0.15) is 46.3 Å². The Labute approximate surface area is 223 Å². The number of halogens is 3. The molecule has 5 rings (SSSR count). The number of rotatable bonds is 5. The van der Waals surface area contributed by atoms with Gasteiger partial charge in [0.1, 0.15) is 15.6 Å². The van der Waals surface area contributed by atoms with Crippen LogP contribution in [0.15, 0.2) is 46.3 Å². The number of hydrogen-bond acceptors (Lipinski definition) is 5. The lowest BCUT2D eigenvalue weighted by atomic mass is 10.0. The molecule has 0 spiro atoms. The summed E-state index contributed by atoms with van der Waals surface area (Å²) in [5.41, 5.74) is 2.03. The van der Waals surface area contributed by atoms with E-state index in [1.165, 1.54) is 18.3 Å². The van der Waals surface area contributed by atoms with Gasteiger partial charge in [-0.15, -0.1) is 0 Å². The van der Waals surface area contributed by atoms with Gasteiger partial charge in [0.05, 0.1) is 11.4 Å². The van der Waals surface area contributed by atoms with E-state index in [1.807, 2.05) is 20.2 Å². The van der Waals surface area contributed by atoms with Crippen molar-refractivity contribution in [1.82, 2.24) is 19.3 Å². The molecule has 0 saturated heterocycles. The second kappa shape index (κ2) is 9.13. The lowest BCUT2D eigenvalue weighted by Gasteiger charge is -2.18. The second-order valence-corrected chi connectivity index (χ2v) is 12.2. The van der Waals surface area contributed by atoms with Crippen molar-refractivity contribution in [3.8, 4) is 16.9 Å². The fourth-order valence-corrected chi connectivity index (χ4v) is 6.16. The monoisotopic (exact) mass is 558 g/mol. The summed E-state index contributed by atoms with van der Waals surface area (Å²) in [6.45, 7) is 5.24. The lowest BCUT2D eigenvalue weighted by Crippen LogP contribution is -2.24. The fraction of sp³-hybridized carbons (Fsp3) is 0.296. The number of hydrogen-bond donors (Lipinski definition) is 0. The molecule has 38 heavy (non-hydrogen) atoms. The molecule has 0 amide bonds. The summed E-state index contributed by atoms with van der Waals surface area (Å²) in [4.78, 5) is 17.0. The molecule has 3 aromatic heterocycles. The molecule has 0 unspecified atom stereocenters. The van der Waals surface area contributed by atoms with Crippen LogP contribution in [0, 0.1) is 32.4 Å². The minimum absolute atomic E-state index is 0.0147. The zero-order valence-electron chi connectivity index (χ0n) is 21.4. The first-order valence-corrected chi connectivity index (χ1v) is 14.1. The van der Waals surface area contributed by atoms with E-state index in [-0.39, 0.29) is 28.1 Å². The summed E-state index contributed by atoms with van der Waals surface area (Å²) in [6, 6.07) is 5.43. The van der Waals surface area contributed by atoms with Crippen molar-refractivity contribution in [2.24, 2.45) is 7.05 Å². The number of aryl methyl sites for hydroxylation is 4. The molecule has 0 radical (unpaired) electrons. The Morgan fingerprint density at radius 1 is 1.08 bits per heavy atom. The molecule has 198 valence electrons. The van der Waals surface area contributed by atoms with Gasteiger partial charge < -0.3 is 0 Å². The Kier molecular flexibility index (Phi) is 6.30. The molecule has 1 saturated carbocycles. The van der Waals surface area contributed by atoms with E-state index in [9.17, 15) is 13.2 Å². The number of sulfone groups is 1. The van der Waals surface area contributed by atoms with E-state index in [4.69, 9.17) is 11.6 Å². The molecule has 3 heterocycles. The van der Waals surface area contributed by atoms with Crippen LogP contribution in [0.3, 0.4) is 0 Å². The van der Waals surface area contributed by atoms with Crippen LogP contribution in [0.25, 0.3) is 16.9 Å². The molecule has 0 bridgehead atoms. The first-order valence-electron chi connectivity index (χ1n) is 11.9. The normalized spacial score (nSPS) is 17.2. The fourth-order valence-electron chi connectivity index (χ4n) is 5.12. The standard InChI is InChI=1S/C27H25ClF2N4O3S/c1-13-11-31-25(16-7-6-8-20(22(16)29)38(5,36)37)23(30)26(13)34-15(3)9-18(21(28)27(34)35)17-10-19(17)24-14(2)12-33(4)32-24/h6-9,11-12,17,19H,10H2,1-5H3/t17-,19+/m1/s1. The quantitative estimate of drug-likeness (QED) is 0.337. The highest BCUT2D eigenvalue weighted by Gasteiger charge is 2.44. The van der Waals surface area contributed by atoms with Crippen molar-refractivity contribution in [2.45, 2.75) is 43.9 Å². The summed E-state index contributed by atoms with van der Waals surface area (Å²) in [5.74, 6) is -1.92. The predicted molar refractivity (Wildman–Crippen MR) is 141 cm³/mol. The molecule has 7 nitrogen and oxygen atoms in total. The first-order chi connectivity index (χ1) is 17.8. The van der Waals surface area contributed by atoms with Gasteiger partial charge >= 0.3 is 0 Å². The summed E-state index contributed by atoms with van der Waals surface area (Å²) in [6.07, 6.45) is 4.92. The first kappa shape index (κ1) is 26.2. The molecular formula is C27H25ClF2N4O3S. The van der Waals surface area contributed by atoms with Crippen LogP contribution in [0.5, 0.6) is 0 Å². The Balaban J connectivity index is 1.63. The average Bonchev–Trinajstić information content (AvgIpc) is 3.54. The lowest BCUT2D eigenvalue weighted by molar-refractivity contribution is 0.569. The molecule has 1 aliphatic rings. The van der Waals surface area contributed by atoms with Crippen LogP contribution in [0.4, 0.5) is 8.78 Å². The summed E-state index contributed by atoms with van der Waals surface area (Å²) < 4.78 is 58.1. The van der Waals surface area contributed by atoms with Gasteiger partial charge in [0, 0.05) is 42.9 Å². The highest BCUT2D eigenvalue weighted by Crippen LogP contribution is 2.56. The molecule has 1 aliphatic carbocycles. The average molecular weight is 559 g/mol. The number of pyridine rings is 2. The van der Waals surface area contributed by atoms with Crippen LogP contribution in [0.2, 0.25) is 5.02 Å². The van der Waals surface area contributed by atoms with E-state index < -0.39 is 37.6 Å². The Morgan fingerprint density at radius 3 is 2.42 bits per heavy atom. The molecule has 1 aromatic carbocycles. The smallest absolute Gasteiger partial charge is 0.274 e. The Morgan fingerprint density at radius 2 is 1.79 bits per heavy atom. The van der Waals surface area contributed by atoms with Gasteiger partial charge in [-0.1, -0.05) is 17.7 Å². The highest BCUT2D eigenvalue weighted by atomic mass is 35.5. The van der Waals surface area contributed by atoms with E-state index in [0.29, 0.717) is 16.8 Å². The highest BCUT2D eigenvalue weighted by molar-refractivity contribution is 7.90. The minimum atomic E-state index is -3.90. The largest absolute Gasteiger partial charge is 0.277 e. The van der Waals surface area contributed by atoms with E-state index in [0.717, 1.165) is 34.6 Å². The topological polar surface area (TPSA) is 86.8 Å². The van der Waals surface area contributed by atoms with Gasteiger partial charge in [0.25, 0.3) is 5.56 Å². The Bertz CT molecular complexity index is 1800. The van der Waals surface area contributed by atoms with Crippen molar-refractivity contribution in [1.29, 1.82) is 0 Å². The van der Waals surface area contributed by atoms with Crippen LogP contribution in [-0.4, -0.2) is 34.0 Å². The third kappa shape index (κ3) is 4.25. The minimum Gasteiger partial charge on any atom is -0.277 e. The molecule has 11 heteroatoms. The number of benzene rings is 1. The molecule has 4 aromatic rings. The summed E-state index contributed by atoms with van der Waals surface area (Å²) >= 11 is 6.59. The molecule has 2 atom stereocenters. The van der Waals surface area contributed by atoms with Crippen LogP contribution >= 0.6 is 11.6 Å². The zero-order chi connectivity index (χ0) is 27.7. The van der Waals surface area contributed by atoms with Crippen molar-refractivity contribution in [2.75, 3.05) is 6.26 Å². The Hall–Kier alpha value is -3.37.